The van der Waals surface area contributed by atoms with E-state index in [-0.39, 0.29) is 17.3 Å². The molecule has 2 aromatic rings. The normalized spacial score (nSPS) is 10.3. The van der Waals surface area contributed by atoms with Crippen molar-refractivity contribution in [2.45, 2.75) is 6.92 Å². The molecule has 0 spiro atoms. The molecule has 2 rings (SSSR count). The van der Waals surface area contributed by atoms with Crippen LogP contribution in [-0.2, 0) is 11.8 Å². The number of esters is 1. The summed E-state index contributed by atoms with van der Waals surface area (Å²) in [4.78, 5) is 35.2. The number of nitrogens with zero attached hydrogens (tertiary/aromatic N) is 1. The van der Waals surface area contributed by atoms with E-state index in [0.29, 0.717) is 16.1 Å². The number of carbonyl (C=O) groups is 3. The summed E-state index contributed by atoms with van der Waals surface area (Å²) in [5.74, 6) is -1.21. The van der Waals surface area contributed by atoms with Crippen molar-refractivity contribution in [3.05, 3.63) is 58.4 Å². The first-order chi connectivity index (χ1) is 10.4. The molecule has 0 atom stereocenters. The molecule has 0 fully saturated rings. The van der Waals surface area contributed by atoms with E-state index in [1.165, 1.54) is 23.8 Å². The van der Waals surface area contributed by atoms with Crippen LogP contribution in [0.15, 0.2) is 36.5 Å². The standard InChI is InChI=1S/C16H14ClNO4/c1-10(19)11-7-14(18(2)8-11)16(21)22-9-15(20)12-5-3-4-6-13(12)17/h3-8H,9H2,1-2H3. The number of hydrogen-bond donors (Lipinski definition) is 0. The maximum absolute atomic E-state index is 12.0. The lowest BCUT2D eigenvalue weighted by atomic mass is 10.1. The number of halogens is 1. The molecular formula is C16H14ClNO4. The number of aromatic nitrogens is 1. The molecule has 0 amide bonds. The van der Waals surface area contributed by atoms with Gasteiger partial charge in [-0.2, -0.15) is 0 Å². The Labute approximate surface area is 132 Å². The second kappa shape index (κ2) is 6.58. The van der Waals surface area contributed by atoms with Crippen molar-refractivity contribution in [1.29, 1.82) is 0 Å². The van der Waals surface area contributed by atoms with Gasteiger partial charge in [-0.3, -0.25) is 9.59 Å². The zero-order valence-corrected chi connectivity index (χ0v) is 12.9. The molecule has 0 N–H and O–H groups in total. The fraction of sp³-hybridized carbons (Fsp3) is 0.188. The lowest BCUT2D eigenvalue weighted by molar-refractivity contribution is 0.0465. The van der Waals surface area contributed by atoms with Gasteiger partial charge in [0.1, 0.15) is 5.69 Å². The molecule has 1 aromatic heterocycles. The lowest BCUT2D eigenvalue weighted by Gasteiger charge is -2.06. The van der Waals surface area contributed by atoms with Gasteiger partial charge in [0.05, 0.1) is 5.02 Å². The van der Waals surface area contributed by atoms with Gasteiger partial charge in [0.2, 0.25) is 5.78 Å². The van der Waals surface area contributed by atoms with Crippen LogP contribution in [0, 0.1) is 0 Å². The van der Waals surface area contributed by atoms with E-state index in [4.69, 9.17) is 16.3 Å². The molecule has 0 aliphatic heterocycles. The Bertz CT molecular complexity index is 748. The number of benzene rings is 1. The second-order valence-electron chi connectivity index (χ2n) is 4.76. The molecule has 114 valence electrons. The van der Waals surface area contributed by atoms with Gasteiger partial charge in [0, 0.05) is 24.4 Å². The minimum absolute atomic E-state index is 0.151. The molecule has 22 heavy (non-hydrogen) atoms. The highest BCUT2D eigenvalue weighted by atomic mass is 35.5. The summed E-state index contributed by atoms with van der Waals surface area (Å²) in [5.41, 5.74) is 0.914. The monoisotopic (exact) mass is 319 g/mol. The zero-order valence-electron chi connectivity index (χ0n) is 12.1. The number of aryl methyl sites for hydroxylation is 1. The summed E-state index contributed by atoms with van der Waals surface area (Å²) in [6.45, 7) is 0.995. The Morgan fingerprint density at radius 3 is 2.50 bits per heavy atom. The van der Waals surface area contributed by atoms with Crippen LogP contribution in [0.1, 0.15) is 38.1 Å². The van der Waals surface area contributed by atoms with Crippen LogP contribution < -0.4 is 0 Å². The molecule has 5 nitrogen and oxygen atoms in total. The van der Waals surface area contributed by atoms with E-state index in [2.05, 4.69) is 0 Å². The Hall–Kier alpha value is -2.40. The van der Waals surface area contributed by atoms with Crippen LogP contribution >= 0.6 is 11.6 Å². The van der Waals surface area contributed by atoms with Crippen molar-refractivity contribution in [1.82, 2.24) is 4.57 Å². The van der Waals surface area contributed by atoms with E-state index >= 15 is 0 Å². The van der Waals surface area contributed by atoms with Crippen LogP contribution in [0.5, 0.6) is 0 Å². The van der Waals surface area contributed by atoms with Crippen LogP contribution in [0.25, 0.3) is 0 Å². The first-order valence-electron chi connectivity index (χ1n) is 6.52. The number of carbonyl (C=O) groups excluding carboxylic acids is 3. The molecule has 6 heteroatoms. The minimum Gasteiger partial charge on any atom is -0.453 e. The van der Waals surface area contributed by atoms with Gasteiger partial charge in [0.25, 0.3) is 0 Å². The molecule has 0 unspecified atom stereocenters. The molecule has 0 aliphatic rings. The molecule has 0 saturated carbocycles. The summed E-state index contributed by atoms with van der Waals surface area (Å²) in [6, 6.07) is 7.97. The summed E-state index contributed by atoms with van der Waals surface area (Å²) < 4.78 is 6.48. The smallest absolute Gasteiger partial charge is 0.355 e. The summed E-state index contributed by atoms with van der Waals surface area (Å²) in [6.07, 6.45) is 1.54. The molecule has 1 heterocycles. The largest absolute Gasteiger partial charge is 0.453 e. The van der Waals surface area contributed by atoms with Crippen molar-refractivity contribution >= 4 is 29.1 Å². The van der Waals surface area contributed by atoms with Crippen LogP contribution in [0.4, 0.5) is 0 Å². The fourth-order valence-electron chi connectivity index (χ4n) is 1.93. The number of Topliss-reactive ketones (excluding diaryl/α,β-unsaturated/α-hetero) is 2. The Balaban J connectivity index is 2.06. The topological polar surface area (TPSA) is 65.4 Å². The van der Waals surface area contributed by atoms with Gasteiger partial charge in [-0.05, 0) is 25.1 Å². The van der Waals surface area contributed by atoms with Gasteiger partial charge in [-0.1, -0.05) is 23.7 Å². The molecular weight excluding hydrogens is 306 g/mol. The minimum atomic E-state index is -0.671. The van der Waals surface area contributed by atoms with Gasteiger partial charge in [0.15, 0.2) is 12.4 Å². The van der Waals surface area contributed by atoms with Gasteiger partial charge in [-0.25, -0.2) is 4.79 Å². The SMILES string of the molecule is CC(=O)c1cc(C(=O)OCC(=O)c2ccccc2Cl)n(C)c1. The van der Waals surface area contributed by atoms with E-state index < -0.39 is 12.6 Å². The predicted molar refractivity (Wildman–Crippen MR) is 81.5 cm³/mol. The molecule has 1 aromatic carbocycles. The Morgan fingerprint density at radius 1 is 1.23 bits per heavy atom. The third kappa shape index (κ3) is 3.43. The van der Waals surface area contributed by atoms with Crippen molar-refractivity contribution in [3.63, 3.8) is 0 Å². The van der Waals surface area contributed by atoms with E-state index in [1.807, 2.05) is 0 Å². The fourth-order valence-corrected chi connectivity index (χ4v) is 2.17. The highest BCUT2D eigenvalue weighted by Gasteiger charge is 2.17. The average Bonchev–Trinajstić information content (AvgIpc) is 2.87. The number of rotatable bonds is 5. The third-order valence-corrected chi connectivity index (χ3v) is 3.46. The second-order valence-corrected chi connectivity index (χ2v) is 5.17. The maximum atomic E-state index is 12.0. The van der Waals surface area contributed by atoms with E-state index in [0.717, 1.165) is 0 Å². The lowest BCUT2D eigenvalue weighted by Crippen LogP contribution is -2.16. The quantitative estimate of drug-likeness (QED) is 0.628. The van der Waals surface area contributed by atoms with Crippen molar-refractivity contribution < 1.29 is 19.1 Å². The van der Waals surface area contributed by atoms with Crippen molar-refractivity contribution in [2.75, 3.05) is 6.61 Å². The molecule has 0 radical (unpaired) electrons. The summed E-state index contributed by atoms with van der Waals surface area (Å²) in [7, 11) is 1.62. The Morgan fingerprint density at radius 2 is 1.91 bits per heavy atom. The zero-order chi connectivity index (χ0) is 16.3. The Kier molecular flexibility index (Phi) is 4.78. The third-order valence-electron chi connectivity index (χ3n) is 3.13. The number of ether oxygens (including phenoxy) is 1. The maximum Gasteiger partial charge on any atom is 0.355 e. The van der Waals surface area contributed by atoms with Gasteiger partial charge >= 0.3 is 5.97 Å². The number of ketones is 2. The first-order valence-corrected chi connectivity index (χ1v) is 6.90. The van der Waals surface area contributed by atoms with Gasteiger partial charge in [-0.15, -0.1) is 0 Å². The highest BCUT2D eigenvalue weighted by Crippen LogP contribution is 2.16. The van der Waals surface area contributed by atoms with Crippen molar-refractivity contribution in [2.24, 2.45) is 7.05 Å². The molecule has 0 bridgehead atoms. The van der Waals surface area contributed by atoms with Crippen LogP contribution in [0.2, 0.25) is 5.02 Å². The predicted octanol–water partition coefficient (Wildman–Crippen LogP) is 2.92. The van der Waals surface area contributed by atoms with Crippen LogP contribution in [0.3, 0.4) is 0 Å². The molecule has 0 aliphatic carbocycles. The summed E-state index contributed by atoms with van der Waals surface area (Å²) in [5, 5.41) is 0.307. The van der Waals surface area contributed by atoms with E-state index in [1.54, 1.807) is 31.3 Å². The average molecular weight is 320 g/mol. The van der Waals surface area contributed by atoms with Gasteiger partial charge < -0.3 is 9.30 Å². The van der Waals surface area contributed by atoms with Crippen molar-refractivity contribution in [3.8, 4) is 0 Å². The van der Waals surface area contributed by atoms with Crippen LogP contribution in [-0.4, -0.2) is 28.7 Å². The summed E-state index contributed by atoms with van der Waals surface area (Å²) >= 11 is 5.91. The number of hydrogen-bond acceptors (Lipinski definition) is 4. The molecule has 0 saturated heterocycles. The van der Waals surface area contributed by atoms with E-state index in [9.17, 15) is 14.4 Å². The highest BCUT2D eigenvalue weighted by molar-refractivity contribution is 6.34. The first kappa shape index (κ1) is 16.0.